The van der Waals surface area contributed by atoms with Gasteiger partial charge in [-0.2, -0.15) is 0 Å². The van der Waals surface area contributed by atoms with Gasteiger partial charge < -0.3 is 11.1 Å². The topological polar surface area (TPSA) is 94.0 Å². The van der Waals surface area contributed by atoms with Crippen molar-refractivity contribution >= 4 is 17.3 Å². The molecule has 0 aliphatic carbocycles. The average molecular weight is 337 g/mol. The Balaban J connectivity index is 0.00000131. The smallest absolute Gasteiger partial charge is 0.166 e. The highest BCUT2D eigenvalue weighted by Crippen LogP contribution is 2.28. The van der Waals surface area contributed by atoms with E-state index in [4.69, 9.17) is 5.73 Å². The monoisotopic (exact) mass is 337 g/mol. The Kier molecular flexibility index (Phi) is 3.74. The summed E-state index contributed by atoms with van der Waals surface area (Å²) in [7, 11) is 0. The molecule has 0 bridgehead atoms. The van der Waals surface area contributed by atoms with Gasteiger partial charge in [0.15, 0.2) is 11.5 Å². The van der Waals surface area contributed by atoms with Crippen LogP contribution in [-0.4, -0.2) is 24.6 Å². The molecule has 25 heavy (non-hydrogen) atoms. The Hall–Kier alpha value is -3.48. The van der Waals surface area contributed by atoms with Crippen LogP contribution < -0.4 is 11.1 Å². The molecule has 0 amide bonds. The first kappa shape index (κ1) is 15.1. The molecular weight excluding hydrogens is 314 g/mol. The summed E-state index contributed by atoms with van der Waals surface area (Å²) in [5.41, 5.74) is 10.6. The molecule has 0 aliphatic rings. The second-order valence-electron chi connectivity index (χ2n) is 5.72. The third-order valence-electron chi connectivity index (χ3n) is 4.07. The van der Waals surface area contributed by atoms with Crippen molar-refractivity contribution in [3.05, 3.63) is 66.2 Å². The molecule has 0 aliphatic heterocycles. The molecule has 7 nitrogen and oxygen atoms in total. The fourth-order valence-electron chi connectivity index (χ4n) is 2.73. The molecule has 0 unspecified atom stereocenters. The summed E-state index contributed by atoms with van der Waals surface area (Å²) in [6.07, 6.45) is 5.03. The Bertz CT molecular complexity index is 1050. The van der Waals surface area contributed by atoms with Gasteiger partial charge in [-0.05, 0) is 24.1 Å². The Morgan fingerprint density at radius 3 is 2.92 bits per heavy atom. The average Bonchev–Trinajstić information content (AvgIpc) is 2.97. The molecule has 4 aromatic rings. The third-order valence-corrected chi connectivity index (χ3v) is 4.07. The van der Waals surface area contributed by atoms with Crippen molar-refractivity contribution in [1.82, 2.24) is 24.6 Å². The minimum Gasteiger partial charge on any atom is -0.382 e. The summed E-state index contributed by atoms with van der Waals surface area (Å²) in [6, 6.07) is 11.9. The van der Waals surface area contributed by atoms with E-state index < -0.39 is 0 Å². The van der Waals surface area contributed by atoms with Crippen LogP contribution in [0.3, 0.4) is 0 Å². The van der Waals surface area contributed by atoms with Gasteiger partial charge in [0, 0.05) is 29.3 Å². The standard InChI is InChI=1S/C18H17N7.3H2/c1-12-5-2-3-6-13(12)10-21-15-9-14(22-11-23-15)16-17(19)24-25-8-4-7-20-18(16)25;;;/h2-9,11H,10H2,1H3,(H2,19,24)(H,21,22,23);3*1H. The van der Waals surface area contributed by atoms with E-state index in [9.17, 15) is 0 Å². The third kappa shape index (κ3) is 2.87. The summed E-state index contributed by atoms with van der Waals surface area (Å²) in [5.74, 6) is 1.12. The molecule has 0 spiro atoms. The number of aromatic nitrogens is 5. The molecular formula is C18H23N7. The van der Waals surface area contributed by atoms with Crippen LogP contribution >= 0.6 is 0 Å². The number of aryl methyl sites for hydroxylation is 1. The second-order valence-corrected chi connectivity index (χ2v) is 5.72. The van der Waals surface area contributed by atoms with Crippen LogP contribution in [0.15, 0.2) is 55.1 Å². The van der Waals surface area contributed by atoms with E-state index in [1.54, 1.807) is 23.0 Å². The maximum Gasteiger partial charge on any atom is 0.166 e. The van der Waals surface area contributed by atoms with E-state index in [-0.39, 0.29) is 4.28 Å². The number of rotatable bonds is 4. The second kappa shape index (κ2) is 6.20. The first-order valence-corrected chi connectivity index (χ1v) is 7.92. The number of anilines is 2. The van der Waals surface area contributed by atoms with E-state index in [1.807, 2.05) is 18.2 Å². The predicted octanol–water partition coefficient (Wildman–Crippen LogP) is 3.43. The van der Waals surface area contributed by atoms with Gasteiger partial charge in [0.25, 0.3) is 0 Å². The molecule has 0 saturated heterocycles. The van der Waals surface area contributed by atoms with Crippen molar-refractivity contribution in [2.75, 3.05) is 11.1 Å². The fourth-order valence-corrected chi connectivity index (χ4v) is 2.73. The number of nitrogens with zero attached hydrogens (tertiary/aromatic N) is 5. The van der Waals surface area contributed by atoms with Gasteiger partial charge >= 0.3 is 0 Å². The van der Waals surface area contributed by atoms with Crippen LogP contribution in [0.4, 0.5) is 11.6 Å². The SMILES string of the molecule is Cc1ccccc1CNc1cc(-c2c(N)nn3cccnc23)ncn1.[HH].[HH].[HH]. The van der Waals surface area contributed by atoms with Crippen LogP contribution in [0.1, 0.15) is 15.4 Å². The van der Waals surface area contributed by atoms with E-state index in [1.165, 1.54) is 17.5 Å². The minimum absolute atomic E-state index is 0. The van der Waals surface area contributed by atoms with E-state index >= 15 is 0 Å². The molecule has 0 atom stereocenters. The lowest BCUT2D eigenvalue weighted by atomic mass is 10.1. The van der Waals surface area contributed by atoms with Crippen molar-refractivity contribution in [1.29, 1.82) is 0 Å². The zero-order valence-corrected chi connectivity index (χ0v) is 13.7. The number of nitrogens with two attached hydrogens (primary N) is 1. The Labute approximate surface area is 149 Å². The van der Waals surface area contributed by atoms with Crippen LogP contribution in [0.2, 0.25) is 0 Å². The summed E-state index contributed by atoms with van der Waals surface area (Å²) in [6.45, 7) is 2.78. The van der Waals surface area contributed by atoms with Crippen molar-refractivity contribution in [2.24, 2.45) is 0 Å². The Morgan fingerprint density at radius 1 is 1.16 bits per heavy atom. The highest BCUT2D eigenvalue weighted by molar-refractivity contribution is 5.84. The predicted molar refractivity (Wildman–Crippen MR) is 103 cm³/mol. The van der Waals surface area contributed by atoms with Crippen molar-refractivity contribution in [2.45, 2.75) is 13.5 Å². The number of hydrogen-bond donors (Lipinski definition) is 2. The summed E-state index contributed by atoms with van der Waals surface area (Å²) in [5, 5.41) is 7.61. The number of nitrogens with one attached hydrogen (secondary N) is 1. The number of fused-ring (bicyclic) bond motifs is 1. The lowest BCUT2D eigenvalue weighted by Crippen LogP contribution is -2.03. The first-order chi connectivity index (χ1) is 12.2. The normalized spacial score (nSPS) is 10.9. The molecule has 1 aromatic carbocycles. The largest absolute Gasteiger partial charge is 0.382 e. The summed E-state index contributed by atoms with van der Waals surface area (Å²) >= 11 is 0. The van der Waals surface area contributed by atoms with E-state index in [0.29, 0.717) is 29.3 Å². The number of nitrogen functional groups attached to an aromatic ring is 1. The van der Waals surface area contributed by atoms with Gasteiger partial charge in [-0.25, -0.2) is 19.5 Å². The van der Waals surface area contributed by atoms with Gasteiger partial charge in [-0.3, -0.25) is 0 Å². The van der Waals surface area contributed by atoms with Crippen LogP contribution in [0.25, 0.3) is 16.9 Å². The van der Waals surface area contributed by atoms with Gasteiger partial charge in [0.05, 0.1) is 11.3 Å². The molecule has 3 N–H and O–H groups in total. The van der Waals surface area contributed by atoms with Crippen LogP contribution in [0, 0.1) is 6.92 Å². The van der Waals surface area contributed by atoms with Crippen molar-refractivity contribution in [3.63, 3.8) is 0 Å². The van der Waals surface area contributed by atoms with Crippen LogP contribution in [-0.2, 0) is 6.54 Å². The maximum absolute atomic E-state index is 6.07. The highest BCUT2D eigenvalue weighted by Gasteiger charge is 2.15. The van der Waals surface area contributed by atoms with Gasteiger partial charge in [0.2, 0.25) is 0 Å². The van der Waals surface area contributed by atoms with E-state index in [0.717, 1.165) is 5.82 Å². The van der Waals surface area contributed by atoms with E-state index in [2.05, 4.69) is 44.4 Å². The maximum atomic E-state index is 6.07. The zero-order valence-electron chi connectivity index (χ0n) is 13.7. The minimum atomic E-state index is 0. The first-order valence-electron chi connectivity index (χ1n) is 7.92. The van der Waals surface area contributed by atoms with Gasteiger partial charge in [0.1, 0.15) is 12.1 Å². The molecule has 0 fully saturated rings. The highest BCUT2D eigenvalue weighted by atomic mass is 15.3. The van der Waals surface area contributed by atoms with Gasteiger partial charge in [-0.1, -0.05) is 24.3 Å². The quantitative estimate of drug-likeness (QED) is 0.592. The molecule has 0 saturated carbocycles. The molecule has 3 aromatic heterocycles. The molecule has 3 heterocycles. The van der Waals surface area contributed by atoms with Crippen LogP contribution in [0.5, 0.6) is 0 Å². The fraction of sp³-hybridized carbons (Fsp3) is 0.111. The lowest BCUT2D eigenvalue weighted by molar-refractivity contribution is 0.945. The summed E-state index contributed by atoms with van der Waals surface area (Å²) in [4.78, 5) is 13.0. The Morgan fingerprint density at radius 2 is 2.04 bits per heavy atom. The molecule has 0 radical (unpaired) electrons. The number of benzene rings is 1. The van der Waals surface area contributed by atoms with Gasteiger partial charge in [-0.15, -0.1) is 5.10 Å². The summed E-state index contributed by atoms with van der Waals surface area (Å²) < 4.78 is 1.65. The van der Waals surface area contributed by atoms with Crippen molar-refractivity contribution < 1.29 is 4.28 Å². The van der Waals surface area contributed by atoms with Crippen molar-refractivity contribution in [3.8, 4) is 11.3 Å². The lowest BCUT2D eigenvalue weighted by Gasteiger charge is -2.09. The number of hydrogen-bond acceptors (Lipinski definition) is 6. The molecule has 130 valence electrons. The zero-order chi connectivity index (χ0) is 17.2. The molecule has 7 heteroatoms. The molecule has 4 rings (SSSR count).